The molecule has 0 aromatic rings. The highest BCUT2D eigenvalue weighted by atomic mass is 13.9. The molecule has 0 fully saturated rings. The highest BCUT2D eigenvalue weighted by Gasteiger charge is 1.81. The van der Waals surface area contributed by atoms with Crippen molar-refractivity contribution in [1.29, 1.82) is 0 Å². The lowest BCUT2D eigenvalue weighted by Gasteiger charge is -1.92. The summed E-state index contributed by atoms with van der Waals surface area (Å²) < 4.78 is 0. The first-order chi connectivity index (χ1) is 4.00. The quantitative estimate of drug-likeness (QED) is 0.418. The van der Waals surface area contributed by atoms with Crippen LogP contribution >= 0.6 is 0 Å². The SMILES string of the molecule is C1=CCC/C=C\CC1. The van der Waals surface area contributed by atoms with Crippen LogP contribution in [0, 0.1) is 0 Å². The van der Waals surface area contributed by atoms with Gasteiger partial charge in [-0.2, -0.15) is 0 Å². The molecular formula is C8H12. The van der Waals surface area contributed by atoms with Gasteiger partial charge in [0, 0.05) is 0 Å². The van der Waals surface area contributed by atoms with Crippen molar-refractivity contribution in [2.45, 2.75) is 25.7 Å². The number of hydrogen-bond acceptors (Lipinski definition) is 0. The summed E-state index contributed by atoms with van der Waals surface area (Å²) in [6.45, 7) is 0. The summed E-state index contributed by atoms with van der Waals surface area (Å²) in [5.74, 6) is 0. The molecule has 0 atom stereocenters. The van der Waals surface area contributed by atoms with Gasteiger partial charge < -0.3 is 0 Å². The molecule has 1 rings (SSSR count). The molecule has 0 aliphatic heterocycles. The molecule has 44 valence electrons. The van der Waals surface area contributed by atoms with E-state index in [9.17, 15) is 0 Å². The standard InChI is InChI=1S/C8H12/c1-2-4-6-8-7-5-3-1/h1-2,7-8H,3-6H2/b2-1-,8-7?. The molecule has 0 radical (unpaired) electrons. The molecule has 0 spiro atoms. The van der Waals surface area contributed by atoms with Crippen LogP contribution in [0.5, 0.6) is 0 Å². The number of allylic oxidation sites excluding steroid dienone is 4. The summed E-state index contributed by atoms with van der Waals surface area (Å²) in [5.41, 5.74) is 0. The minimum Gasteiger partial charge on any atom is -0.0882 e. The molecular weight excluding hydrogens is 96.1 g/mol. The van der Waals surface area contributed by atoms with Crippen LogP contribution in [0.15, 0.2) is 24.3 Å². The van der Waals surface area contributed by atoms with Crippen LogP contribution in [0.2, 0.25) is 0 Å². The average Bonchev–Trinajstić information content (AvgIpc) is 1.62. The summed E-state index contributed by atoms with van der Waals surface area (Å²) in [4.78, 5) is 0. The van der Waals surface area contributed by atoms with E-state index in [2.05, 4.69) is 24.3 Å². The molecule has 8 heavy (non-hydrogen) atoms. The molecule has 0 saturated carbocycles. The fourth-order valence-electron chi connectivity index (χ4n) is 0.856. The topological polar surface area (TPSA) is 0 Å². The van der Waals surface area contributed by atoms with Crippen molar-refractivity contribution in [3.63, 3.8) is 0 Å². The Morgan fingerprint density at radius 3 is 1.00 bits per heavy atom. The van der Waals surface area contributed by atoms with Gasteiger partial charge in [0.25, 0.3) is 0 Å². The first kappa shape index (κ1) is 5.61. The maximum absolute atomic E-state index is 2.27. The van der Waals surface area contributed by atoms with E-state index in [-0.39, 0.29) is 0 Å². The van der Waals surface area contributed by atoms with Gasteiger partial charge in [0.1, 0.15) is 0 Å². The van der Waals surface area contributed by atoms with E-state index in [0.29, 0.717) is 0 Å². The van der Waals surface area contributed by atoms with Gasteiger partial charge in [0.15, 0.2) is 0 Å². The fraction of sp³-hybridized carbons (Fsp3) is 0.500. The Balaban J connectivity index is 2.29. The summed E-state index contributed by atoms with van der Waals surface area (Å²) >= 11 is 0. The summed E-state index contributed by atoms with van der Waals surface area (Å²) in [7, 11) is 0. The van der Waals surface area contributed by atoms with Crippen LogP contribution in [-0.4, -0.2) is 0 Å². The fourth-order valence-corrected chi connectivity index (χ4v) is 0.856. The lowest BCUT2D eigenvalue weighted by Crippen LogP contribution is -1.71. The van der Waals surface area contributed by atoms with Gasteiger partial charge in [0.05, 0.1) is 0 Å². The Morgan fingerprint density at radius 1 is 0.500 bits per heavy atom. The van der Waals surface area contributed by atoms with Crippen LogP contribution in [-0.2, 0) is 0 Å². The van der Waals surface area contributed by atoms with Crippen molar-refractivity contribution in [3.8, 4) is 0 Å². The van der Waals surface area contributed by atoms with Gasteiger partial charge in [-0.1, -0.05) is 24.3 Å². The van der Waals surface area contributed by atoms with Crippen molar-refractivity contribution in [2.75, 3.05) is 0 Å². The van der Waals surface area contributed by atoms with Crippen molar-refractivity contribution in [3.05, 3.63) is 24.3 Å². The summed E-state index contributed by atoms with van der Waals surface area (Å²) in [6.07, 6.45) is 14.0. The van der Waals surface area contributed by atoms with E-state index in [4.69, 9.17) is 0 Å². The molecule has 0 aromatic heterocycles. The van der Waals surface area contributed by atoms with Crippen LogP contribution in [0.4, 0.5) is 0 Å². The van der Waals surface area contributed by atoms with E-state index in [0.717, 1.165) is 0 Å². The number of hydrogen-bond donors (Lipinski definition) is 0. The van der Waals surface area contributed by atoms with E-state index in [1.165, 1.54) is 25.7 Å². The van der Waals surface area contributed by atoms with Gasteiger partial charge in [-0.3, -0.25) is 0 Å². The molecule has 0 unspecified atom stereocenters. The van der Waals surface area contributed by atoms with E-state index in [1.54, 1.807) is 0 Å². The smallest absolute Gasteiger partial charge is 0.0316 e. The molecule has 0 saturated heterocycles. The zero-order valence-electron chi connectivity index (χ0n) is 5.14. The van der Waals surface area contributed by atoms with Gasteiger partial charge >= 0.3 is 0 Å². The second kappa shape index (κ2) is 3.48. The second-order valence-electron chi connectivity index (χ2n) is 2.10. The lowest BCUT2D eigenvalue weighted by molar-refractivity contribution is 0.962. The van der Waals surface area contributed by atoms with Crippen LogP contribution in [0.25, 0.3) is 0 Å². The largest absolute Gasteiger partial charge is 0.0882 e. The van der Waals surface area contributed by atoms with E-state index >= 15 is 0 Å². The zero-order chi connectivity index (χ0) is 5.66. The van der Waals surface area contributed by atoms with Crippen LogP contribution < -0.4 is 0 Å². The summed E-state index contributed by atoms with van der Waals surface area (Å²) in [6, 6.07) is 0. The summed E-state index contributed by atoms with van der Waals surface area (Å²) in [5, 5.41) is 0. The molecule has 0 bridgehead atoms. The molecule has 0 nitrogen and oxygen atoms in total. The minimum absolute atomic E-state index is 1.23. The third-order valence-corrected chi connectivity index (χ3v) is 1.33. The maximum atomic E-state index is 2.27. The predicted molar refractivity (Wildman–Crippen MR) is 36.7 cm³/mol. The van der Waals surface area contributed by atoms with Crippen molar-refractivity contribution in [2.24, 2.45) is 0 Å². The molecule has 0 amide bonds. The van der Waals surface area contributed by atoms with Crippen LogP contribution in [0.1, 0.15) is 25.7 Å². The molecule has 0 heteroatoms. The van der Waals surface area contributed by atoms with E-state index in [1.807, 2.05) is 0 Å². The monoisotopic (exact) mass is 108 g/mol. The van der Waals surface area contributed by atoms with Crippen molar-refractivity contribution >= 4 is 0 Å². The maximum Gasteiger partial charge on any atom is -0.0316 e. The van der Waals surface area contributed by atoms with Crippen molar-refractivity contribution in [1.82, 2.24) is 0 Å². The molecule has 0 heterocycles. The average molecular weight is 108 g/mol. The third-order valence-electron chi connectivity index (χ3n) is 1.33. The third kappa shape index (κ3) is 1.97. The normalized spacial score (nSPS) is 24.0. The number of rotatable bonds is 0. The molecule has 0 aromatic carbocycles. The second-order valence-corrected chi connectivity index (χ2v) is 2.10. The molecule has 1 aliphatic rings. The van der Waals surface area contributed by atoms with Gasteiger partial charge in [0.2, 0.25) is 0 Å². The Morgan fingerprint density at radius 2 is 0.750 bits per heavy atom. The van der Waals surface area contributed by atoms with Crippen LogP contribution in [0.3, 0.4) is 0 Å². The highest BCUT2D eigenvalue weighted by molar-refractivity contribution is 4.93. The van der Waals surface area contributed by atoms with E-state index < -0.39 is 0 Å². The Hall–Kier alpha value is -0.520. The van der Waals surface area contributed by atoms with Gasteiger partial charge in [-0.05, 0) is 25.7 Å². The Kier molecular flexibility index (Phi) is 2.44. The Labute approximate surface area is 50.9 Å². The minimum atomic E-state index is 1.23. The highest BCUT2D eigenvalue weighted by Crippen LogP contribution is 2.02. The predicted octanol–water partition coefficient (Wildman–Crippen LogP) is 2.67. The van der Waals surface area contributed by atoms with Gasteiger partial charge in [-0.25, -0.2) is 0 Å². The van der Waals surface area contributed by atoms with Crippen molar-refractivity contribution < 1.29 is 0 Å². The molecule has 1 aliphatic carbocycles. The Bertz CT molecular complexity index is 72.6. The van der Waals surface area contributed by atoms with Gasteiger partial charge in [-0.15, -0.1) is 0 Å². The molecule has 0 N–H and O–H groups in total. The first-order valence-corrected chi connectivity index (χ1v) is 3.30. The zero-order valence-corrected chi connectivity index (χ0v) is 5.14. The lowest BCUT2D eigenvalue weighted by atomic mass is 10.1. The first-order valence-electron chi connectivity index (χ1n) is 3.30.